The Kier molecular flexibility index (Phi) is 8.85. The summed E-state index contributed by atoms with van der Waals surface area (Å²) in [5, 5.41) is 10.4. The van der Waals surface area contributed by atoms with Crippen LogP contribution in [0.1, 0.15) is 28.2 Å². The summed E-state index contributed by atoms with van der Waals surface area (Å²) in [4.78, 5) is 42.6. The number of alkyl halides is 3. The minimum atomic E-state index is -5.08. The van der Waals surface area contributed by atoms with Crippen molar-refractivity contribution < 1.29 is 37.4 Å². The maximum atomic E-state index is 12.7. The number of carboxylic acids is 1. The van der Waals surface area contributed by atoms with Gasteiger partial charge in [-0.05, 0) is 50.5 Å². The lowest BCUT2D eigenvalue weighted by molar-refractivity contribution is -0.192. The number of aromatic nitrogens is 3. The summed E-state index contributed by atoms with van der Waals surface area (Å²) in [5.74, 6) is -1.78. The van der Waals surface area contributed by atoms with Crippen molar-refractivity contribution in [1.29, 1.82) is 0 Å². The van der Waals surface area contributed by atoms with Crippen molar-refractivity contribution in [2.75, 3.05) is 27.2 Å². The van der Waals surface area contributed by atoms with Crippen molar-refractivity contribution >= 4 is 23.4 Å². The molecule has 0 aliphatic carbocycles. The summed E-state index contributed by atoms with van der Waals surface area (Å²) >= 11 is 0. The Bertz CT molecular complexity index is 1580. The lowest BCUT2D eigenvalue weighted by Gasteiger charge is -2.27. The molecule has 5 rings (SSSR count). The second-order valence-electron chi connectivity index (χ2n) is 9.75. The van der Waals surface area contributed by atoms with Crippen LogP contribution in [0.3, 0.4) is 0 Å². The second-order valence-corrected chi connectivity index (χ2v) is 9.75. The summed E-state index contributed by atoms with van der Waals surface area (Å²) in [6, 6.07) is 17.0. The zero-order chi connectivity index (χ0) is 30.6. The predicted octanol–water partition coefficient (Wildman–Crippen LogP) is 3.69. The highest BCUT2D eigenvalue weighted by Gasteiger charge is 2.38. The molecule has 2 aromatic heterocycles. The number of hydrogen-bond donors (Lipinski definition) is 3. The first-order valence-corrected chi connectivity index (χ1v) is 12.8. The molecular weight excluding hydrogens is 557 g/mol. The van der Waals surface area contributed by atoms with Crippen LogP contribution in [0.4, 0.5) is 13.2 Å². The lowest BCUT2D eigenvalue weighted by atomic mass is 10.1. The molecular formula is C28H29F3N6O5. The number of amides is 2. The normalized spacial score (nSPS) is 13.0. The van der Waals surface area contributed by atoms with Crippen molar-refractivity contribution in [3.8, 4) is 22.8 Å². The Balaban J connectivity index is 0.000000517. The van der Waals surface area contributed by atoms with Crippen molar-refractivity contribution in [2.24, 2.45) is 5.73 Å². The number of benzene rings is 2. The van der Waals surface area contributed by atoms with Crippen LogP contribution >= 0.6 is 0 Å². The van der Waals surface area contributed by atoms with Crippen LogP contribution in [0, 0.1) is 0 Å². The van der Waals surface area contributed by atoms with Crippen molar-refractivity contribution in [2.45, 2.75) is 25.6 Å². The number of para-hydroxylation sites is 1. The SMILES string of the molecule is CN(C)CCC(=O)N1CCc2nc3c(C(N)=O)c(-c4ccc(Oc5ccccc5)cc4)[nH]n3c2C1.O=C(O)C(F)(F)F. The Morgan fingerprint density at radius 2 is 1.69 bits per heavy atom. The van der Waals surface area contributed by atoms with Crippen LogP contribution in [-0.2, 0) is 22.6 Å². The number of rotatable bonds is 7. The number of carbonyl (C=O) groups excluding carboxylic acids is 2. The monoisotopic (exact) mass is 586 g/mol. The van der Waals surface area contributed by atoms with E-state index in [1.165, 1.54) is 0 Å². The topological polar surface area (TPSA) is 146 Å². The van der Waals surface area contributed by atoms with E-state index in [4.69, 9.17) is 25.4 Å². The zero-order valence-electron chi connectivity index (χ0n) is 22.8. The fourth-order valence-corrected chi connectivity index (χ4v) is 4.38. The van der Waals surface area contributed by atoms with Gasteiger partial charge in [-0.15, -0.1) is 0 Å². The third-order valence-corrected chi connectivity index (χ3v) is 6.45. The first-order chi connectivity index (χ1) is 19.8. The van der Waals surface area contributed by atoms with E-state index in [2.05, 4.69) is 5.10 Å². The highest BCUT2D eigenvalue weighted by atomic mass is 19.4. The minimum Gasteiger partial charge on any atom is -0.475 e. The van der Waals surface area contributed by atoms with Gasteiger partial charge in [0, 0.05) is 31.5 Å². The number of imidazole rings is 1. The summed E-state index contributed by atoms with van der Waals surface area (Å²) in [5.41, 5.74) is 9.75. The number of carboxylic acid groups (broad SMARTS) is 1. The van der Waals surface area contributed by atoms with Gasteiger partial charge < -0.3 is 25.4 Å². The molecule has 0 unspecified atom stereocenters. The second kappa shape index (κ2) is 12.3. The van der Waals surface area contributed by atoms with Gasteiger partial charge in [0.05, 0.1) is 23.6 Å². The number of H-pyrrole nitrogens is 1. The van der Waals surface area contributed by atoms with E-state index in [-0.39, 0.29) is 5.91 Å². The molecule has 0 atom stereocenters. The maximum absolute atomic E-state index is 12.7. The van der Waals surface area contributed by atoms with Crippen LogP contribution in [0.5, 0.6) is 11.5 Å². The molecule has 0 fully saturated rings. The highest BCUT2D eigenvalue weighted by Crippen LogP contribution is 2.31. The van der Waals surface area contributed by atoms with E-state index >= 15 is 0 Å². The van der Waals surface area contributed by atoms with Crippen LogP contribution < -0.4 is 10.5 Å². The molecule has 42 heavy (non-hydrogen) atoms. The highest BCUT2D eigenvalue weighted by molar-refractivity contribution is 6.04. The smallest absolute Gasteiger partial charge is 0.475 e. The molecule has 0 saturated carbocycles. The number of fused-ring (bicyclic) bond motifs is 3. The van der Waals surface area contributed by atoms with Crippen molar-refractivity contribution in [3.63, 3.8) is 0 Å². The molecule has 0 saturated heterocycles. The average molecular weight is 587 g/mol. The number of ether oxygens (including phenoxy) is 1. The third-order valence-electron chi connectivity index (χ3n) is 6.45. The molecule has 1 aliphatic rings. The Morgan fingerprint density at radius 3 is 2.26 bits per heavy atom. The Hall–Kier alpha value is -4.85. The first kappa shape index (κ1) is 30.1. The van der Waals surface area contributed by atoms with Gasteiger partial charge in [0.15, 0.2) is 5.65 Å². The Morgan fingerprint density at radius 1 is 1.07 bits per heavy atom. The van der Waals surface area contributed by atoms with Gasteiger partial charge in [-0.2, -0.15) is 13.2 Å². The van der Waals surface area contributed by atoms with Crippen molar-refractivity contribution in [3.05, 3.63) is 71.5 Å². The summed E-state index contributed by atoms with van der Waals surface area (Å²) < 4.78 is 39.4. The molecule has 0 bridgehead atoms. The molecule has 11 nitrogen and oxygen atoms in total. The zero-order valence-corrected chi connectivity index (χ0v) is 22.8. The first-order valence-electron chi connectivity index (χ1n) is 12.8. The summed E-state index contributed by atoms with van der Waals surface area (Å²) in [6.07, 6.45) is -3.98. The average Bonchev–Trinajstić information content (AvgIpc) is 3.48. The number of nitrogens with zero attached hydrogens (tertiary/aromatic N) is 4. The van der Waals surface area contributed by atoms with Gasteiger partial charge in [-0.3, -0.25) is 14.7 Å². The van der Waals surface area contributed by atoms with E-state index in [0.29, 0.717) is 55.1 Å². The van der Waals surface area contributed by atoms with Crippen molar-refractivity contribution in [1.82, 2.24) is 24.4 Å². The van der Waals surface area contributed by atoms with Crippen LogP contribution in [0.25, 0.3) is 16.9 Å². The number of nitrogens with one attached hydrogen (secondary N) is 1. The van der Waals surface area contributed by atoms with Gasteiger partial charge in [0.25, 0.3) is 5.91 Å². The number of carbonyl (C=O) groups is 3. The number of halogens is 3. The third kappa shape index (κ3) is 6.89. The molecule has 0 radical (unpaired) electrons. The molecule has 3 heterocycles. The molecule has 1 aliphatic heterocycles. The number of aromatic amines is 1. The van der Waals surface area contributed by atoms with E-state index in [1.807, 2.05) is 78.5 Å². The van der Waals surface area contributed by atoms with Crippen LogP contribution in [0.15, 0.2) is 54.6 Å². The number of aliphatic carboxylic acids is 1. The van der Waals surface area contributed by atoms with E-state index < -0.39 is 18.1 Å². The number of hydrogen-bond acceptors (Lipinski definition) is 6. The van der Waals surface area contributed by atoms with E-state index in [0.717, 1.165) is 22.7 Å². The number of nitrogens with two attached hydrogens (primary N) is 1. The molecule has 0 spiro atoms. The fourth-order valence-electron chi connectivity index (χ4n) is 4.38. The van der Waals surface area contributed by atoms with E-state index in [9.17, 15) is 22.8 Å². The quantitative estimate of drug-likeness (QED) is 0.299. The van der Waals surface area contributed by atoms with Gasteiger partial charge in [-0.1, -0.05) is 18.2 Å². The molecule has 2 amide bonds. The molecule has 2 aromatic carbocycles. The van der Waals surface area contributed by atoms with Gasteiger partial charge in [-0.25, -0.2) is 14.3 Å². The van der Waals surface area contributed by atoms with Gasteiger partial charge >= 0.3 is 12.1 Å². The molecule has 14 heteroatoms. The predicted molar refractivity (Wildman–Crippen MR) is 146 cm³/mol. The molecule has 4 N–H and O–H groups in total. The minimum absolute atomic E-state index is 0.107. The molecule has 4 aromatic rings. The number of primary amides is 1. The Labute approximate surface area is 238 Å². The lowest BCUT2D eigenvalue weighted by Crippen LogP contribution is -2.37. The molecule has 222 valence electrons. The summed E-state index contributed by atoms with van der Waals surface area (Å²) in [6.45, 7) is 1.75. The van der Waals surface area contributed by atoms with Crippen LogP contribution in [0.2, 0.25) is 0 Å². The standard InChI is InChI=1S/C26H28N6O3.C2HF3O2/c1-30(2)14-13-22(33)31-15-12-20-21(16-31)32-26(28-20)23(25(27)34)24(29-32)17-8-10-19(11-9-17)35-18-6-4-3-5-7-18;3-2(4,5)1(6)7/h3-11,29H,12-16H2,1-2H3,(H2,27,34);(H,6,7). The largest absolute Gasteiger partial charge is 0.490 e. The fraction of sp³-hybridized carbons (Fsp3) is 0.286. The van der Waals surface area contributed by atoms with Crippen LogP contribution in [-0.4, -0.2) is 80.6 Å². The van der Waals surface area contributed by atoms with Gasteiger partial charge in [0.2, 0.25) is 5.91 Å². The van der Waals surface area contributed by atoms with Gasteiger partial charge in [0.1, 0.15) is 17.1 Å². The van der Waals surface area contributed by atoms with E-state index in [1.54, 1.807) is 4.52 Å². The summed E-state index contributed by atoms with van der Waals surface area (Å²) in [7, 11) is 3.91. The maximum Gasteiger partial charge on any atom is 0.490 e.